The van der Waals surface area contributed by atoms with Crippen molar-refractivity contribution in [3.05, 3.63) is 29.8 Å². The van der Waals surface area contributed by atoms with Crippen LogP contribution in [0.5, 0.6) is 5.75 Å². The average molecular weight is 236 g/mol. The Labute approximate surface area is 102 Å². The van der Waals surface area contributed by atoms with Gasteiger partial charge in [-0.15, -0.1) is 0 Å². The van der Waals surface area contributed by atoms with Crippen LogP contribution in [0.25, 0.3) is 0 Å². The van der Waals surface area contributed by atoms with Crippen LogP contribution >= 0.6 is 0 Å². The molecule has 0 spiro atoms. The number of amides is 1. The first-order chi connectivity index (χ1) is 8.13. The van der Waals surface area contributed by atoms with E-state index in [-0.39, 0.29) is 5.91 Å². The Kier molecular flexibility index (Phi) is 5.49. The second-order valence-corrected chi connectivity index (χ2v) is 3.96. The number of aryl methyl sites for hydroxylation is 1. The number of hydrogen-bond donors (Lipinski definition) is 1. The van der Waals surface area contributed by atoms with Crippen molar-refractivity contribution in [1.82, 2.24) is 5.01 Å². The smallest absolute Gasteiger partial charge is 0.236 e. The van der Waals surface area contributed by atoms with E-state index in [0.29, 0.717) is 19.4 Å². The van der Waals surface area contributed by atoms with Crippen molar-refractivity contribution in [1.29, 1.82) is 0 Å². The van der Waals surface area contributed by atoms with Crippen molar-refractivity contribution in [3.63, 3.8) is 0 Å². The van der Waals surface area contributed by atoms with Crippen molar-refractivity contribution in [2.24, 2.45) is 5.84 Å². The third-order valence-electron chi connectivity index (χ3n) is 2.50. The lowest BCUT2D eigenvalue weighted by Gasteiger charge is -2.10. The maximum Gasteiger partial charge on any atom is 0.236 e. The van der Waals surface area contributed by atoms with Gasteiger partial charge in [-0.1, -0.05) is 19.1 Å². The molecule has 0 atom stereocenters. The largest absolute Gasteiger partial charge is 0.494 e. The molecule has 0 saturated heterocycles. The minimum atomic E-state index is -0.0732. The summed E-state index contributed by atoms with van der Waals surface area (Å²) in [6, 6.07) is 8.00. The Morgan fingerprint density at radius 1 is 1.47 bits per heavy atom. The predicted molar refractivity (Wildman–Crippen MR) is 67.5 cm³/mol. The van der Waals surface area contributed by atoms with Crippen LogP contribution in [0.1, 0.15) is 25.3 Å². The molecule has 0 aliphatic rings. The van der Waals surface area contributed by atoms with Gasteiger partial charge in [0.15, 0.2) is 0 Å². The van der Waals surface area contributed by atoms with Crippen molar-refractivity contribution in [2.45, 2.75) is 26.2 Å². The first-order valence-electron chi connectivity index (χ1n) is 5.86. The fourth-order valence-electron chi connectivity index (χ4n) is 1.44. The number of benzene rings is 1. The number of ether oxygens (including phenoxy) is 1. The minimum Gasteiger partial charge on any atom is -0.494 e. The number of nitrogens with two attached hydrogens (primary N) is 1. The topological polar surface area (TPSA) is 55.6 Å². The van der Waals surface area contributed by atoms with Crippen LogP contribution in [-0.4, -0.2) is 24.6 Å². The third kappa shape index (κ3) is 4.87. The summed E-state index contributed by atoms with van der Waals surface area (Å²) in [5.74, 6) is 6.10. The molecular weight excluding hydrogens is 216 g/mol. The molecule has 4 nitrogen and oxygen atoms in total. The van der Waals surface area contributed by atoms with Crippen LogP contribution in [0.2, 0.25) is 0 Å². The maximum absolute atomic E-state index is 11.2. The highest BCUT2D eigenvalue weighted by molar-refractivity contribution is 5.75. The van der Waals surface area contributed by atoms with Crippen LogP contribution in [0.3, 0.4) is 0 Å². The molecule has 1 rings (SSSR count). The zero-order valence-electron chi connectivity index (χ0n) is 10.5. The number of carbonyl (C=O) groups excluding carboxylic acids is 1. The Morgan fingerprint density at radius 3 is 2.88 bits per heavy atom. The minimum absolute atomic E-state index is 0.0732. The number of hydrazine groups is 1. The van der Waals surface area contributed by atoms with E-state index in [1.807, 2.05) is 18.2 Å². The standard InChI is InChI=1S/C13H20N2O2/c1-3-11-6-4-7-12(10-11)17-9-5-8-13(16)15(2)14/h4,6-7,10H,3,5,8-9,14H2,1-2H3. The van der Waals surface area contributed by atoms with Crippen molar-refractivity contribution in [3.8, 4) is 5.75 Å². The van der Waals surface area contributed by atoms with E-state index in [0.717, 1.165) is 17.2 Å². The SMILES string of the molecule is CCc1cccc(OCCCC(=O)N(C)N)c1. The van der Waals surface area contributed by atoms with Gasteiger partial charge < -0.3 is 4.74 Å². The summed E-state index contributed by atoms with van der Waals surface area (Å²) in [6.45, 7) is 2.64. The van der Waals surface area contributed by atoms with Gasteiger partial charge in [0.1, 0.15) is 5.75 Å². The summed E-state index contributed by atoms with van der Waals surface area (Å²) in [5, 5.41) is 1.11. The molecule has 0 aromatic heterocycles. The van der Waals surface area contributed by atoms with Crippen molar-refractivity contribution in [2.75, 3.05) is 13.7 Å². The molecule has 0 aliphatic heterocycles. The van der Waals surface area contributed by atoms with E-state index < -0.39 is 0 Å². The second kappa shape index (κ2) is 6.91. The summed E-state index contributed by atoms with van der Waals surface area (Å²) >= 11 is 0. The lowest BCUT2D eigenvalue weighted by molar-refractivity contribution is -0.130. The molecule has 17 heavy (non-hydrogen) atoms. The lowest BCUT2D eigenvalue weighted by atomic mass is 10.2. The van der Waals surface area contributed by atoms with E-state index in [1.54, 1.807) is 7.05 Å². The fraction of sp³-hybridized carbons (Fsp3) is 0.462. The number of carbonyl (C=O) groups is 1. The van der Waals surface area contributed by atoms with E-state index >= 15 is 0 Å². The third-order valence-corrected chi connectivity index (χ3v) is 2.50. The normalized spacial score (nSPS) is 10.1. The van der Waals surface area contributed by atoms with Gasteiger partial charge in [-0.3, -0.25) is 9.80 Å². The van der Waals surface area contributed by atoms with Crippen molar-refractivity contribution >= 4 is 5.91 Å². The summed E-state index contributed by atoms with van der Waals surface area (Å²) in [5.41, 5.74) is 1.25. The number of nitrogens with zero attached hydrogens (tertiary/aromatic N) is 1. The van der Waals surface area contributed by atoms with Gasteiger partial charge in [0.25, 0.3) is 0 Å². The van der Waals surface area contributed by atoms with Crippen LogP contribution in [-0.2, 0) is 11.2 Å². The Bertz CT molecular complexity index is 364. The summed E-state index contributed by atoms with van der Waals surface area (Å²) in [7, 11) is 1.55. The molecule has 1 aromatic rings. The molecule has 2 N–H and O–H groups in total. The van der Waals surface area contributed by atoms with Crippen LogP contribution in [0.4, 0.5) is 0 Å². The lowest BCUT2D eigenvalue weighted by Crippen LogP contribution is -2.33. The molecular formula is C13H20N2O2. The zero-order chi connectivity index (χ0) is 12.7. The zero-order valence-corrected chi connectivity index (χ0v) is 10.5. The van der Waals surface area contributed by atoms with E-state index in [2.05, 4.69) is 13.0 Å². The Hall–Kier alpha value is -1.55. The maximum atomic E-state index is 11.2. The van der Waals surface area contributed by atoms with Gasteiger partial charge in [0.05, 0.1) is 6.61 Å². The molecule has 1 aromatic carbocycles. The summed E-state index contributed by atoms with van der Waals surface area (Å²) in [4.78, 5) is 11.2. The molecule has 0 heterocycles. The van der Waals surface area contributed by atoms with Gasteiger partial charge in [0, 0.05) is 13.5 Å². The van der Waals surface area contributed by atoms with E-state index in [1.165, 1.54) is 5.56 Å². The quantitative estimate of drug-likeness (QED) is 0.354. The molecule has 0 unspecified atom stereocenters. The molecule has 4 heteroatoms. The molecule has 0 saturated carbocycles. The number of hydrogen-bond acceptors (Lipinski definition) is 3. The first-order valence-corrected chi connectivity index (χ1v) is 5.86. The highest BCUT2D eigenvalue weighted by Gasteiger charge is 2.03. The first kappa shape index (κ1) is 13.5. The Morgan fingerprint density at radius 2 is 2.24 bits per heavy atom. The van der Waals surface area contributed by atoms with Gasteiger partial charge in [-0.05, 0) is 30.5 Å². The molecule has 0 aliphatic carbocycles. The molecule has 1 amide bonds. The van der Waals surface area contributed by atoms with Crippen LogP contribution < -0.4 is 10.6 Å². The molecule has 94 valence electrons. The molecule has 0 bridgehead atoms. The van der Waals surface area contributed by atoms with Crippen LogP contribution in [0.15, 0.2) is 24.3 Å². The summed E-state index contributed by atoms with van der Waals surface area (Å²) in [6.07, 6.45) is 2.09. The van der Waals surface area contributed by atoms with Crippen molar-refractivity contribution < 1.29 is 9.53 Å². The van der Waals surface area contributed by atoms with E-state index in [9.17, 15) is 4.79 Å². The van der Waals surface area contributed by atoms with Crippen LogP contribution in [0, 0.1) is 0 Å². The molecule has 0 fully saturated rings. The second-order valence-electron chi connectivity index (χ2n) is 3.96. The summed E-state index contributed by atoms with van der Waals surface area (Å²) < 4.78 is 5.57. The monoisotopic (exact) mass is 236 g/mol. The highest BCUT2D eigenvalue weighted by Crippen LogP contribution is 2.14. The number of rotatable bonds is 6. The highest BCUT2D eigenvalue weighted by atomic mass is 16.5. The Balaban J connectivity index is 2.28. The molecule has 0 radical (unpaired) electrons. The van der Waals surface area contributed by atoms with Gasteiger partial charge in [-0.25, -0.2) is 5.84 Å². The van der Waals surface area contributed by atoms with Gasteiger partial charge in [0.2, 0.25) is 5.91 Å². The fourth-order valence-corrected chi connectivity index (χ4v) is 1.44. The van der Waals surface area contributed by atoms with Gasteiger partial charge in [-0.2, -0.15) is 0 Å². The average Bonchev–Trinajstić information content (AvgIpc) is 2.34. The predicted octanol–water partition coefficient (Wildman–Crippen LogP) is 1.74. The van der Waals surface area contributed by atoms with E-state index in [4.69, 9.17) is 10.6 Å². The van der Waals surface area contributed by atoms with Gasteiger partial charge >= 0.3 is 0 Å².